The maximum Gasteiger partial charge on any atom is 0.161 e. The highest BCUT2D eigenvalue weighted by molar-refractivity contribution is 5.97. The number of aromatic hydroxyl groups is 1. The third kappa shape index (κ3) is 1.46. The second-order valence-electron chi connectivity index (χ2n) is 3.61. The lowest BCUT2D eigenvalue weighted by atomic mass is 10.1. The number of rotatable bonds is 1. The Kier molecular flexibility index (Phi) is 1.94. The molecule has 4 N–H and O–H groups in total. The van der Waals surface area contributed by atoms with Gasteiger partial charge in [-0.3, -0.25) is 5.10 Å². The van der Waals surface area contributed by atoms with Gasteiger partial charge in [-0.2, -0.15) is 5.10 Å². The Bertz CT molecular complexity index is 691. The largest absolute Gasteiger partial charge is 0.508 e. The molecule has 2 heterocycles. The molecule has 0 saturated heterocycles. The maximum atomic E-state index is 9.45. The van der Waals surface area contributed by atoms with E-state index in [0.717, 1.165) is 5.56 Å². The molecule has 17 heavy (non-hydrogen) atoms. The minimum absolute atomic E-state index is 0.175. The Balaban J connectivity index is 2.31. The lowest BCUT2D eigenvalue weighted by molar-refractivity contribution is 0.475. The van der Waals surface area contributed by atoms with Gasteiger partial charge in [0.25, 0.3) is 0 Å². The summed E-state index contributed by atoms with van der Waals surface area (Å²) in [4.78, 5) is 7.97. The number of phenolic OH excluding ortho intramolecular Hbond substituents is 1. The van der Waals surface area contributed by atoms with Gasteiger partial charge in [0.15, 0.2) is 5.65 Å². The second kappa shape index (κ2) is 3.44. The van der Waals surface area contributed by atoms with Crippen molar-refractivity contribution in [2.75, 3.05) is 5.73 Å². The quantitative estimate of drug-likeness (QED) is 0.581. The predicted molar refractivity (Wildman–Crippen MR) is 63.2 cm³/mol. The molecule has 0 saturated carbocycles. The molecule has 3 aromatic rings. The minimum atomic E-state index is 0.175. The molecule has 0 unspecified atom stereocenters. The number of nitrogens with two attached hydrogens (primary N) is 1. The van der Waals surface area contributed by atoms with Gasteiger partial charge >= 0.3 is 0 Å². The Labute approximate surface area is 96.1 Å². The van der Waals surface area contributed by atoms with Crippen molar-refractivity contribution in [3.05, 3.63) is 30.6 Å². The van der Waals surface area contributed by atoms with E-state index >= 15 is 0 Å². The molecule has 0 amide bonds. The predicted octanol–water partition coefficient (Wildman–Crippen LogP) is 1.31. The molecular weight excluding hydrogens is 218 g/mol. The van der Waals surface area contributed by atoms with Crippen LogP contribution >= 0.6 is 0 Å². The van der Waals surface area contributed by atoms with Crippen LogP contribution in [0, 0.1) is 0 Å². The summed E-state index contributed by atoms with van der Waals surface area (Å²) in [5.74, 6) is 0.538. The smallest absolute Gasteiger partial charge is 0.161 e. The third-order valence-corrected chi connectivity index (χ3v) is 2.51. The van der Waals surface area contributed by atoms with E-state index in [9.17, 15) is 5.11 Å². The van der Waals surface area contributed by atoms with E-state index in [-0.39, 0.29) is 5.75 Å². The molecule has 0 fully saturated rings. The molecule has 0 aliphatic rings. The molecule has 1 aromatic carbocycles. The minimum Gasteiger partial charge on any atom is -0.508 e. The molecule has 6 nitrogen and oxygen atoms in total. The van der Waals surface area contributed by atoms with Crippen LogP contribution in [0.4, 0.5) is 5.82 Å². The van der Waals surface area contributed by atoms with E-state index in [0.29, 0.717) is 22.5 Å². The first-order chi connectivity index (χ1) is 8.25. The van der Waals surface area contributed by atoms with Crippen molar-refractivity contribution in [1.29, 1.82) is 0 Å². The van der Waals surface area contributed by atoms with Crippen molar-refractivity contribution in [1.82, 2.24) is 20.2 Å². The van der Waals surface area contributed by atoms with Gasteiger partial charge in [-0.15, -0.1) is 0 Å². The molecular formula is C11H9N5O. The van der Waals surface area contributed by atoms with E-state index in [1.807, 2.05) is 6.07 Å². The number of aromatic nitrogens is 4. The first-order valence-corrected chi connectivity index (χ1v) is 4.99. The zero-order valence-corrected chi connectivity index (χ0v) is 8.75. The average molecular weight is 227 g/mol. The van der Waals surface area contributed by atoms with Gasteiger partial charge in [0, 0.05) is 5.56 Å². The van der Waals surface area contributed by atoms with Crippen LogP contribution in [0.3, 0.4) is 0 Å². The van der Waals surface area contributed by atoms with Gasteiger partial charge in [0.2, 0.25) is 0 Å². The summed E-state index contributed by atoms with van der Waals surface area (Å²) >= 11 is 0. The summed E-state index contributed by atoms with van der Waals surface area (Å²) in [5.41, 5.74) is 7.78. The van der Waals surface area contributed by atoms with Crippen LogP contribution in [-0.2, 0) is 0 Å². The van der Waals surface area contributed by atoms with Crippen LogP contribution in [0.15, 0.2) is 30.6 Å². The van der Waals surface area contributed by atoms with Gasteiger partial charge in [0.1, 0.15) is 23.6 Å². The van der Waals surface area contributed by atoms with Crippen LogP contribution in [0.1, 0.15) is 0 Å². The summed E-state index contributed by atoms with van der Waals surface area (Å²) in [7, 11) is 0. The Morgan fingerprint density at radius 2 is 2.12 bits per heavy atom. The summed E-state index contributed by atoms with van der Waals surface area (Å²) in [6, 6.07) is 6.78. The van der Waals surface area contributed by atoms with E-state index in [2.05, 4.69) is 20.2 Å². The molecule has 0 bridgehead atoms. The van der Waals surface area contributed by atoms with E-state index in [4.69, 9.17) is 5.73 Å². The summed E-state index contributed by atoms with van der Waals surface area (Å²) in [5, 5.41) is 17.1. The number of hydrogen-bond acceptors (Lipinski definition) is 5. The van der Waals surface area contributed by atoms with Crippen LogP contribution in [0.25, 0.3) is 22.3 Å². The van der Waals surface area contributed by atoms with Gasteiger partial charge < -0.3 is 10.8 Å². The highest BCUT2D eigenvalue weighted by atomic mass is 16.3. The molecule has 6 heteroatoms. The van der Waals surface area contributed by atoms with Crippen LogP contribution in [0.2, 0.25) is 0 Å². The van der Waals surface area contributed by atoms with E-state index < -0.39 is 0 Å². The van der Waals surface area contributed by atoms with Crippen molar-refractivity contribution >= 4 is 16.9 Å². The number of hydrogen-bond donors (Lipinski definition) is 3. The third-order valence-electron chi connectivity index (χ3n) is 2.51. The van der Waals surface area contributed by atoms with Crippen molar-refractivity contribution in [3.8, 4) is 17.0 Å². The molecule has 0 atom stereocenters. The molecule has 0 aliphatic heterocycles. The van der Waals surface area contributed by atoms with E-state index in [1.54, 1.807) is 18.2 Å². The number of nitrogens with zero attached hydrogens (tertiary/aromatic N) is 3. The van der Waals surface area contributed by atoms with Gasteiger partial charge in [0.05, 0.1) is 5.39 Å². The van der Waals surface area contributed by atoms with Crippen LogP contribution < -0.4 is 5.73 Å². The topological polar surface area (TPSA) is 101 Å². The molecule has 84 valence electrons. The average Bonchev–Trinajstić information content (AvgIpc) is 2.74. The lowest BCUT2D eigenvalue weighted by Crippen LogP contribution is -1.92. The number of aromatic amines is 1. The van der Waals surface area contributed by atoms with Gasteiger partial charge in [-0.1, -0.05) is 12.1 Å². The van der Waals surface area contributed by atoms with Crippen molar-refractivity contribution in [3.63, 3.8) is 0 Å². The fourth-order valence-corrected chi connectivity index (χ4v) is 1.74. The van der Waals surface area contributed by atoms with Gasteiger partial charge in [-0.25, -0.2) is 9.97 Å². The highest BCUT2D eigenvalue weighted by Crippen LogP contribution is 2.29. The Morgan fingerprint density at radius 3 is 2.94 bits per heavy atom. The number of benzene rings is 1. The molecule has 0 radical (unpaired) electrons. The molecule has 0 aliphatic carbocycles. The Hall–Kier alpha value is -2.63. The Morgan fingerprint density at radius 1 is 1.24 bits per heavy atom. The van der Waals surface area contributed by atoms with Crippen molar-refractivity contribution in [2.45, 2.75) is 0 Å². The van der Waals surface area contributed by atoms with Crippen LogP contribution in [0.5, 0.6) is 5.75 Å². The lowest BCUT2D eigenvalue weighted by Gasteiger charge is -1.99. The first-order valence-electron chi connectivity index (χ1n) is 4.99. The SMILES string of the molecule is Nc1ncnc2[nH]nc(-c3cccc(O)c3)c12. The second-order valence-corrected chi connectivity index (χ2v) is 3.61. The van der Waals surface area contributed by atoms with Gasteiger partial charge in [-0.05, 0) is 12.1 Å². The number of fused-ring (bicyclic) bond motifs is 1. The molecule has 3 rings (SSSR count). The fourth-order valence-electron chi connectivity index (χ4n) is 1.74. The first kappa shape index (κ1) is 9.59. The van der Waals surface area contributed by atoms with E-state index in [1.165, 1.54) is 6.33 Å². The monoisotopic (exact) mass is 227 g/mol. The number of nitrogens with one attached hydrogen (secondary N) is 1. The number of phenols is 1. The molecule has 0 spiro atoms. The standard InChI is InChI=1S/C11H9N5O/c12-10-8-9(6-2-1-3-7(17)4-6)15-16-11(8)14-5-13-10/h1-5,17H,(H3,12,13,14,15,16). The zero-order valence-electron chi connectivity index (χ0n) is 8.75. The summed E-state index contributed by atoms with van der Waals surface area (Å²) in [6.45, 7) is 0. The summed E-state index contributed by atoms with van der Waals surface area (Å²) < 4.78 is 0. The summed E-state index contributed by atoms with van der Waals surface area (Å²) in [6.07, 6.45) is 1.38. The van der Waals surface area contributed by atoms with Crippen LogP contribution in [-0.4, -0.2) is 25.3 Å². The van der Waals surface area contributed by atoms with Crippen molar-refractivity contribution in [2.24, 2.45) is 0 Å². The number of nitrogen functional groups attached to an aromatic ring is 1. The molecule has 2 aromatic heterocycles. The normalized spacial score (nSPS) is 10.8. The fraction of sp³-hybridized carbons (Fsp3) is 0. The van der Waals surface area contributed by atoms with Crippen molar-refractivity contribution < 1.29 is 5.11 Å². The highest BCUT2D eigenvalue weighted by Gasteiger charge is 2.12. The number of H-pyrrole nitrogens is 1. The maximum absolute atomic E-state index is 9.45. The number of anilines is 1. The zero-order chi connectivity index (χ0) is 11.8.